The minimum Gasteiger partial charge on any atom is -0.463 e. The van der Waals surface area contributed by atoms with E-state index in [2.05, 4.69) is 215 Å². The molecular weight excluding hydrogens is 1630 g/mol. The zero-order valence-corrected chi connectivity index (χ0v) is 82.2. The molecule has 0 saturated carbocycles. The van der Waals surface area contributed by atoms with Crippen molar-refractivity contribution in [3.63, 3.8) is 0 Å². The van der Waals surface area contributed by atoms with E-state index in [4.69, 9.17) is 32.3 Å². The summed E-state index contributed by atoms with van der Waals surface area (Å²) in [5.41, 5.74) is 0. The van der Waals surface area contributed by atoms with Crippen molar-refractivity contribution in [1.82, 2.24) is 0 Å². The van der Waals surface area contributed by atoms with E-state index in [-0.39, 0.29) is 19.3 Å². The minimum atomic E-state index is -4.95. The molecule has 5 unspecified atom stereocenters. The van der Waals surface area contributed by atoms with Crippen LogP contribution in [0, 0.1) is 0 Å². The Bertz CT molecular complexity index is 3090. The first kappa shape index (κ1) is 121. The molecule has 127 heavy (non-hydrogen) atoms. The van der Waals surface area contributed by atoms with E-state index in [1.165, 1.54) is 180 Å². The van der Waals surface area contributed by atoms with Crippen LogP contribution in [0.2, 0.25) is 0 Å². The van der Waals surface area contributed by atoms with Crippen molar-refractivity contribution in [2.24, 2.45) is 0 Å². The van der Waals surface area contributed by atoms with Gasteiger partial charge < -0.3 is 34.2 Å². The van der Waals surface area contributed by atoms with E-state index in [9.17, 15) is 43.5 Å². The minimum absolute atomic E-state index is 0.0829. The van der Waals surface area contributed by atoms with Crippen LogP contribution < -0.4 is 0 Å². The van der Waals surface area contributed by atoms with Crippen LogP contribution in [0.25, 0.3) is 0 Å². The summed E-state index contributed by atoms with van der Waals surface area (Å²) >= 11 is 0. The number of hydrogen-bond donors (Lipinski definition) is 4. The number of hydrogen-bond acceptors (Lipinski definition) is 14. The van der Waals surface area contributed by atoms with Gasteiger partial charge in [0.1, 0.15) is 25.4 Å². The number of carbonyl (C=O) groups is 3. The maximum atomic E-state index is 13.1. The molecule has 0 amide bonds. The fourth-order valence-corrected chi connectivity index (χ4v) is 15.3. The molecule has 0 aromatic heterocycles. The third kappa shape index (κ3) is 101. The molecule has 16 nitrogen and oxygen atoms in total. The number of carbonyl (C=O) groups excluding carboxylic acids is 3. The monoisotopic (exact) mass is 1810 g/mol. The molecule has 5 atom stereocenters. The van der Waals surface area contributed by atoms with Crippen LogP contribution in [0.5, 0.6) is 0 Å². The van der Waals surface area contributed by atoms with E-state index in [1.54, 1.807) is 0 Å². The number of allylic oxidation sites excluding steroid dienone is 32. The number of rotatable bonds is 95. The van der Waals surface area contributed by atoms with Gasteiger partial charge in [-0.15, -0.1) is 0 Å². The first-order chi connectivity index (χ1) is 62.2. The van der Waals surface area contributed by atoms with Gasteiger partial charge in [-0.25, -0.2) is 9.13 Å². The third-order valence-electron chi connectivity index (χ3n) is 21.3. The Kier molecular flexibility index (Phi) is 95.0. The standard InChI is InChI=1S/C109H184O16P2/c1-4-7-10-13-16-19-22-25-28-31-34-37-40-43-45-47-49-51-53-55-57-60-62-65-68-71-74-77-80-83-86-89-92-95-107(112)119-98-104(110)99-121-126(115,116)122-100-105(111)101-123-127(117,118)124-103-106(125-109(114)97-94-91-88-85-82-79-76-73-70-67-64-59-42-39-36-33-30-27-24-21-18-15-12-9-6-3)102-120-108(113)96-93-90-87-84-81-78-75-72-69-66-63-61-58-56-54-52-50-48-46-44-41-38-35-32-29-26-23-20-17-14-11-8-5-2/h7,9-10,12,16-21,25-30,34-39,43-46,49,51,59,64,70,73,104-106,110-111H,4-6,8,11,13-15,22-24,31-33,40-42,47-48,50,52-58,60-63,65-69,71-72,74-103H2,1-3H3,(H,115,116)(H,117,118)/b10-7-,12-9-,19-16-,20-17-,21-18-,28-25-,29-26-,30-27-,37-34-,38-35-,39-36-,45-43-,46-44-,51-49-,64-59-,73-70-. The molecule has 4 N–H and O–H groups in total. The van der Waals surface area contributed by atoms with Crippen LogP contribution in [0.1, 0.15) is 419 Å². The van der Waals surface area contributed by atoms with Crippen molar-refractivity contribution in [1.29, 1.82) is 0 Å². The van der Waals surface area contributed by atoms with Crippen molar-refractivity contribution in [3.8, 4) is 0 Å². The number of unbranched alkanes of at least 4 members (excludes halogenated alkanes) is 40. The Morgan fingerprint density at radius 1 is 0.228 bits per heavy atom. The zero-order valence-electron chi connectivity index (χ0n) is 80.4. The second-order valence-corrected chi connectivity index (χ2v) is 36.4. The molecular formula is C109H184O16P2. The van der Waals surface area contributed by atoms with Gasteiger partial charge in [0.25, 0.3) is 0 Å². The van der Waals surface area contributed by atoms with Crippen LogP contribution in [0.3, 0.4) is 0 Å². The van der Waals surface area contributed by atoms with Crippen LogP contribution in [0.4, 0.5) is 0 Å². The molecule has 0 saturated heterocycles. The van der Waals surface area contributed by atoms with Crippen molar-refractivity contribution in [2.45, 2.75) is 437 Å². The van der Waals surface area contributed by atoms with Gasteiger partial charge >= 0.3 is 33.6 Å². The van der Waals surface area contributed by atoms with Crippen molar-refractivity contribution in [2.75, 3.05) is 39.6 Å². The second kappa shape index (κ2) is 99.4. The van der Waals surface area contributed by atoms with Crippen LogP contribution in [-0.4, -0.2) is 95.9 Å². The average Bonchev–Trinajstić information content (AvgIpc) is 0.899. The van der Waals surface area contributed by atoms with Crippen LogP contribution in [0.15, 0.2) is 194 Å². The maximum absolute atomic E-state index is 13.1. The second-order valence-electron chi connectivity index (χ2n) is 33.5. The zero-order chi connectivity index (χ0) is 92.1. The van der Waals surface area contributed by atoms with Gasteiger partial charge in [0.05, 0.1) is 26.4 Å². The van der Waals surface area contributed by atoms with Gasteiger partial charge in [-0.3, -0.25) is 32.5 Å². The molecule has 18 heteroatoms. The smallest absolute Gasteiger partial charge is 0.463 e. The molecule has 0 rings (SSSR count). The van der Waals surface area contributed by atoms with Crippen molar-refractivity contribution < 1.29 is 75.8 Å². The van der Waals surface area contributed by atoms with Gasteiger partial charge in [0.15, 0.2) is 6.10 Å². The number of ether oxygens (including phenoxy) is 3. The van der Waals surface area contributed by atoms with Crippen molar-refractivity contribution >= 4 is 33.6 Å². The first-order valence-electron chi connectivity index (χ1n) is 50.7. The summed E-state index contributed by atoms with van der Waals surface area (Å²) in [5.74, 6) is -1.58. The molecule has 0 fully saturated rings. The van der Waals surface area contributed by atoms with Crippen LogP contribution in [-0.2, 0) is 55.8 Å². The lowest BCUT2D eigenvalue weighted by molar-refractivity contribution is -0.161. The number of aliphatic hydroxyl groups is 2. The largest absolute Gasteiger partial charge is 0.472 e. The molecule has 0 heterocycles. The number of aliphatic hydroxyl groups excluding tert-OH is 2. The SMILES string of the molecule is CC/C=C\C/C=C\C/C=C\C/C=C\C/C=C\C/C=C\CCCCCCCCCCCCCCCCC(=O)OCC(O)COP(=O)(O)OCC(O)COP(=O)(O)OCC(COC(=O)CCCCCCCCCCCCCCCCCCC/C=C\C/C=C\C/C=C\C/C=C\CCCCC)OC(=O)CCCCCCCC/C=C\C/C=C\C/C=C\C/C=C\C/C=C\C/C=C\CC. The highest BCUT2D eigenvalue weighted by molar-refractivity contribution is 7.47. The Morgan fingerprint density at radius 3 is 0.661 bits per heavy atom. The third-order valence-corrected chi connectivity index (χ3v) is 23.2. The summed E-state index contributed by atoms with van der Waals surface area (Å²) in [4.78, 5) is 59.2. The topological polar surface area (TPSA) is 231 Å². The molecule has 0 bridgehead atoms. The summed E-state index contributed by atoms with van der Waals surface area (Å²) in [6.45, 7) is 2.46. The normalized spacial score (nSPS) is 14.5. The summed E-state index contributed by atoms with van der Waals surface area (Å²) in [6.07, 6.45) is 133. The lowest BCUT2D eigenvalue weighted by atomic mass is 10.0. The Labute approximate surface area is 776 Å². The van der Waals surface area contributed by atoms with Crippen LogP contribution >= 0.6 is 15.6 Å². The lowest BCUT2D eigenvalue weighted by Crippen LogP contribution is -2.30. The predicted octanol–water partition coefficient (Wildman–Crippen LogP) is 32.1. The molecule has 0 aliphatic heterocycles. The first-order valence-corrected chi connectivity index (χ1v) is 53.7. The molecule has 0 aromatic carbocycles. The van der Waals surface area contributed by atoms with Gasteiger partial charge in [-0.1, -0.05) is 427 Å². The Morgan fingerprint density at radius 2 is 0.417 bits per heavy atom. The molecule has 0 aliphatic rings. The van der Waals surface area contributed by atoms with Gasteiger partial charge in [0.2, 0.25) is 0 Å². The summed E-state index contributed by atoms with van der Waals surface area (Å²) in [7, 11) is -9.83. The lowest BCUT2D eigenvalue weighted by Gasteiger charge is -2.21. The summed E-state index contributed by atoms with van der Waals surface area (Å²) in [6, 6.07) is 0. The van der Waals surface area contributed by atoms with Gasteiger partial charge in [-0.05, 0) is 167 Å². The maximum Gasteiger partial charge on any atom is 0.472 e. The Balaban J connectivity index is 4.62. The van der Waals surface area contributed by atoms with E-state index in [0.717, 1.165) is 180 Å². The van der Waals surface area contributed by atoms with E-state index in [1.807, 2.05) is 0 Å². The van der Waals surface area contributed by atoms with E-state index in [0.29, 0.717) is 19.3 Å². The molecule has 726 valence electrons. The fourth-order valence-electron chi connectivity index (χ4n) is 13.7. The molecule has 0 radical (unpaired) electrons. The van der Waals surface area contributed by atoms with Crippen molar-refractivity contribution in [3.05, 3.63) is 194 Å². The highest BCUT2D eigenvalue weighted by atomic mass is 31.2. The van der Waals surface area contributed by atoms with Gasteiger partial charge in [-0.2, -0.15) is 0 Å². The van der Waals surface area contributed by atoms with E-state index < -0.39 is 91.5 Å². The summed E-state index contributed by atoms with van der Waals surface area (Å²) in [5, 5.41) is 20.8. The molecule has 0 aromatic rings. The highest BCUT2D eigenvalue weighted by Gasteiger charge is 2.30. The number of esters is 3. The van der Waals surface area contributed by atoms with E-state index >= 15 is 0 Å². The number of phosphoric acid groups is 2. The molecule has 0 aliphatic carbocycles. The average molecular weight is 1810 g/mol. The van der Waals surface area contributed by atoms with Gasteiger partial charge in [0, 0.05) is 19.3 Å². The Hall–Kier alpha value is -5.61. The number of phosphoric ester groups is 2. The highest BCUT2D eigenvalue weighted by Crippen LogP contribution is 2.45. The quantitative estimate of drug-likeness (QED) is 0.0146. The molecule has 0 spiro atoms. The fraction of sp³-hybridized carbons (Fsp3) is 0.679. The summed E-state index contributed by atoms with van der Waals surface area (Å²) < 4.78 is 61.7. The predicted molar refractivity (Wildman–Crippen MR) is 537 cm³/mol.